The molecule has 396 valence electrons. The molecule has 0 saturated carbocycles. The topological polar surface area (TPSA) is 0 Å². The molecule has 0 aliphatic heterocycles. The second-order valence-corrected chi connectivity index (χ2v) is 20.2. The van der Waals surface area contributed by atoms with Crippen LogP contribution in [0.2, 0.25) is 0 Å². The fraction of sp³-hybridized carbons (Fsp3) is 0.333. The Morgan fingerprint density at radius 1 is 0.211 bits per heavy atom. The van der Waals surface area contributed by atoms with E-state index in [-0.39, 0.29) is 131 Å². The van der Waals surface area contributed by atoms with Crippen LogP contribution < -0.4 is 0 Å². The molecule has 8 aromatic rings. The summed E-state index contributed by atoms with van der Waals surface area (Å²) in [5.74, 6) is 0. The average molecular weight is 1310 g/mol. The predicted octanol–water partition coefficient (Wildman–Crippen LogP) is 20.1. The van der Waals surface area contributed by atoms with Crippen molar-refractivity contribution in [3.05, 3.63) is 279 Å². The third-order valence-corrected chi connectivity index (χ3v) is 13.1. The van der Waals surface area contributed by atoms with Crippen molar-refractivity contribution in [1.82, 2.24) is 0 Å². The van der Waals surface area contributed by atoms with E-state index in [9.17, 15) is 0 Å². The van der Waals surface area contributed by atoms with Gasteiger partial charge in [-0.15, -0.1) is 0 Å². The predicted molar refractivity (Wildman–Crippen MR) is 321 cm³/mol. The first-order valence-corrected chi connectivity index (χ1v) is 25.6. The van der Waals surface area contributed by atoms with E-state index in [1.165, 1.54) is 134 Å². The van der Waals surface area contributed by atoms with Crippen LogP contribution in [0, 0.1) is 190 Å². The molecule has 8 rings (SSSR count). The molecule has 0 unspecified atom stereocenters. The number of aryl methyl sites for hydroxylation is 23. The van der Waals surface area contributed by atoms with E-state index in [4.69, 9.17) is 0 Å². The molecule has 0 aromatic heterocycles. The molecule has 0 amide bonds. The first-order chi connectivity index (χ1) is 33.6. The molecule has 0 aliphatic carbocycles. The number of rotatable bonds is 0. The summed E-state index contributed by atoms with van der Waals surface area (Å²) >= 11 is 0. The molecule has 8 aromatic carbocycles. The Balaban J connectivity index is -0.000000387. The van der Waals surface area contributed by atoms with Crippen LogP contribution in [0.3, 0.4) is 0 Å². The van der Waals surface area contributed by atoms with E-state index >= 15 is 0 Å². The molecule has 4 heteroatoms. The Labute approximate surface area is 568 Å². The minimum atomic E-state index is 0. The molecule has 4 radical (unpaired) electrons. The maximum absolute atomic E-state index is 3.17. The largest absolute Gasteiger partial charge is 0.180 e. The van der Waals surface area contributed by atoms with E-state index < -0.39 is 0 Å². The summed E-state index contributed by atoms with van der Waals surface area (Å²) in [6.07, 6.45) is 0. The van der Waals surface area contributed by atoms with Crippen molar-refractivity contribution in [2.75, 3.05) is 0 Å². The van der Waals surface area contributed by atoms with Crippen LogP contribution >= 0.6 is 0 Å². The smallest absolute Gasteiger partial charge is 0 e. The maximum atomic E-state index is 3.17. The van der Waals surface area contributed by atoms with Crippen molar-refractivity contribution in [3.8, 4) is 0 Å². The zero-order chi connectivity index (χ0) is 54.8. The summed E-state index contributed by atoms with van der Waals surface area (Å²) in [5.41, 5.74) is 32.0. The normalized spacial score (nSPS) is 9.16. The molecule has 0 N–H and O–H groups in total. The summed E-state index contributed by atoms with van der Waals surface area (Å²) < 4.78 is 0. The minimum Gasteiger partial charge on any atom is -0.180 e. The van der Waals surface area contributed by atoms with Crippen LogP contribution in [0.1, 0.15) is 134 Å². The van der Waals surface area contributed by atoms with Crippen LogP contribution in [-0.2, 0) is 131 Å². The van der Waals surface area contributed by atoms with Gasteiger partial charge >= 0.3 is 0 Å². The molecule has 0 spiro atoms. The van der Waals surface area contributed by atoms with Gasteiger partial charge in [-0.2, -0.15) is 140 Å². The monoisotopic (exact) mass is 1310 g/mol. The summed E-state index contributed by atoms with van der Waals surface area (Å²) in [6, 6.07) is 55.2. The Morgan fingerprint density at radius 2 is 0.474 bits per heavy atom. The van der Waals surface area contributed by atoms with Gasteiger partial charge in [-0.1, -0.05) is 173 Å². The van der Waals surface area contributed by atoms with Crippen LogP contribution in [0.4, 0.5) is 0 Å². The molecule has 0 saturated heterocycles. The molecular weight excluding hydrogens is 1220 g/mol. The second kappa shape index (κ2) is 43.0. The average Bonchev–Trinajstić information content (AvgIpc) is 3.31. The molecule has 0 aliphatic rings. The van der Waals surface area contributed by atoms with Gasteiger partial charge < -0.3 is 0 Å². The standard InChI is InChI=1S/3C9H12.4C9H11.C9H12.4Y/c7*1-7-4-5-8(2)9(3)6-7;1-7-5-4-6-8(2)9(7)3;;;;/h3*4-6H,1-3H3;2*5-6H,1-3H3;2*4,6H,1-3H3;4-6H,1-3H3;;;;/q;;;4*-1;;;;;. The van der Waals surface area contributed by atoms with E-state index in [1.54, 1.807) is 0 Å². The van der Waals surface area contributed by atoms with Gasteiger partial charge in [0, 0.05) is 131 Å². The zero-order valence-corrected chi connectivity index (χ0v) is 63.2. The van der Waals surface area contributed by atoms with Gasteiger partial charge in [0.2, 0.25) is 0 Å². The van der Waals surface area contributed by atoms with Gasteiger partial charge in [0.1, 0.15) is 0 Å². The second-order valence-electron chi connectivity index (χ2n) is 20.2. The molecule has 0 bridgehead atoms. The molecule has 0 heterocycles. The van der Waals surface area contributed by atoms with Crippen LogP contribution in [0.5, 0.6) is 0 Å². The quantitative estimate of drug-likeness (QED) is 0.133. The fourth-order valence-electron chi connectivity index (χ4n) is 6.86. The van der Waals surface area contributed by atoms with Crippen molar-refractivity contribution in [2.45, 2.75) is 166 Å². The first kappa shape index (κ1) is 80.7. The number of hydrogen-bond donors (Lipinski definition) is 0. The zero-order valence-electron chi connectivity index (χ0n) is 51.9. The van der Waals surface area contributed by atoms with Gasteiger partial charge in [0.25, 0.3) is 0 Å². The first-order valence-electron chi connectivity index (χ1n) is 25.6. The SMILES string of the molecule is Cc1[c-]cc(C)c(C)c1.Cc1[c-]cc(C)c(C)c1.Cc1c[c-]c(C)c(C)c1.Cc1c[c-]c(C)c(C)c1.Cc1ccc(C)c(C)c1.Cc1ccc(C)c(C)c1.Cc1ccc(C)c(C)c1.Cc1cccc(C)c1C.[Y].[Y].[Y].[Y]. The van der Waals surface area contributed by atoms with Gasteiger partial charge in [-0.3, -0.25) is 0 Å². The third kappa shape index (κ3) is 34.3. The Bertz CT molecular complexity index is 2390. The summed E-state index contributed by atoms with van der Waals surface area (Å²) in [5, 5.41) is 0. The van der Waals surface area contributed by atoms with E-state index in [0.717, 1.165) is 0 Å². The van der Waals surface area contributed by atoms with Gasteiger partial charge in [0.05, 0.1) is 0 Å². The van der Waals surface area contributed by atoms with Crippen molar-refractivity contribution >= 4 is 0 Å². The molecular formula is C72H92Y4-4. The number of benzene rings is 8. The van der Waals surface area contributed by atoms with Crippen LogP contribution in [0.15, 0.2) is 121 Å². The summed E-state index contributed by atoms with van der Waals surface area (Å²) in [6.45, 7) is 50.7. The van der Waals surface area contributed by atoms with Crippen LogP contribution in [0.25, 0.3) is 0 Å². The van der Waals surface area contributed by atoms with Crippen molar-refractivity contribution in [2.24, 2.45) is 0 Å². The van der Waals surface area contributed by atoms with Gasteiger partial charge in [-0.05, 0) is 133 Å². The summed E-state index contributed by atoms with van der Waals surface area (Å²) in [7, 11) is 0. The Hall–Kier alpha value is -1.82. The van der Waals surface area contributed by atoms with Crippen molar-refractivity contribution in [1.29, 1.82) is 0 Å². The van der Waals surface area contributed by atoms with E-state index in [2.05, 4.69) is 287 Å². The van der Waals surface area contributed by atoms with Crippen LogP contribution in [-0.4, -0.2) is 0 Å². The fourth-order valence-corrected chi connectivity index (χ4v) is 6.86. The minimum absolute atomic E-state index is 0. The molecule has 0 nitrogen and oxygen atoms in total. The van der Waals surface area contributed by atoms with Gasteiger partial charge in [-0.25, -0.2) is 0 Å². The Kier molecular flexibility index (Phi) is 45.6. The van der Waals surface area contributed by atoms with Crippen molar-refractivity contribution < 1.29 is 131 Å². The Morgan fingerprint density at radius 3 is 0.671 bits per heavy atom. The van der Waals surface area contributed by atoms with E-state index in [0.29, 0.717) is 0 Å². The van der Waals surface area contributed by atoms with Crippen molar-refractivity contribution in [3.63, 3.8) is 0 Å². The molecule has 76 heavy (non-hydrogen) atoms. The number of hydrogen-bond acceptors (Lipinski definition) is 0. The van der Waals surface area contributed by atoms with E-state index in [1.807, 2.05) is 24.3 Å². The maximum Gasteiger partial charge on any atom is 0 e. The third-order valence-electron chi connectivity index (χ3n) is 13.1. The van der Waals surface area contributed by atoms with Gasteiger partial charge in [0.15, 0.2) is 0 Å². The molecule has 0 atom stereocenters. The summed E-state index contributed by atoms with van der Waals surface area (Å²) in [4.78, 5) is 0. The molecule has 0 fully saturated rings.